The predicted molar refractivity (Wildman–Crippen MR) is 86.3 cm³/mol. The largest absolute Gasteiger partial charge is 0.368 e. The fraction of sp³-hybridized carbons (Fsp3) is 0.533. The lowest BCUT2D eigenvalue weighted by Crippen LogP contribution is -2.50. The number of nitrogens with zero attached hydrogens (tertiary/aromatic N) is 6. The van der Waals surface area contributed by atoms with Crippen LogP contribution in [0.1, 0.15) is 23.9 Å². The van der Waals surface area contributed by atoms with Crippen LogP contribution in [0.3, 0.4) is 0 Å². The number of fused-ring (bicyclic) bond motifs is 3. The van der Waals surface area contributed by atoms with Crippen LogP contribution in [-0.2, 0) is 16.1 Å². The lowest BCUT2D eigenvalue weighted by molar-refractivity contribution is -0.136. The summed E-state index contributed by atoms with van der Waals surface area (Å²) in [5, 5.41) is 8.75. The van der Waals surface area contributed by atoms with Crippen molar-refractivity contribution in [3.63, 3.8) is 0 Å². The first-order valence-corrected chi connectivity index (χ1v) is 8.90. The van der Waals surface area contributed by atoms with Crippen molar-refractivity contribution in [2.45, 2.75) is 37.3 Å². The number of hydrogen-bond donors (Lipinski definition) is 0. The summed E-state index contributed by atoms with van der Waals surface area (Å²) in [6, 6.07) is 2.02. The average Bonchev–Trinajstić information content (AvgIpc) is 3.08. The van der Waals surface area contributed by atoms with E-state index >= 15 is 0 Å². The van der Waals surface area contributed by atoms with Crippen LogP contribution in [0.2, 0.25) is 0 Å². The summed E-state index contributed by atoms with van der Waals surface area (Å²) in [4.78, 5) is 22.8. The molecular formula is C15H18N6O2S. The number of thioether (sulfide) groups is 1. The van der Waals surface area contributed by atoms with E-state index in [1.807, 2.05) is 22.6 Å². The van der Waals surface area contributed by atoms with Crippen LogP contribution in [0.5, 0.6) is 0 Å². The van der Waals surface area contributed by atoms with Crippen molar-refractivity contribution in [2.75, 3.05) is 18.8 Å². The average molecular weight is 346 g/mol. The first-order valence-electron chi connectivity index (χ1n) is 7.91. The monoisotopic (exact) mass is 346 g/mol. The number of likely N-dealkylation sites (tertiary alicyclic amines) is 1. The number of carbonyl (C=O) groups is 1. The van der Waals surface area contributed by atoms with Gasteiger partial charge in [0.25, 0.3) is 0 Å². The van der Waals surface area contributed by atoms with E-state index in [-0.39, 0.29) is 18.1 Å². The summed E-state index contributed by atoms with van der Waals surface area (Å²) in [6.07, 6.45) is 4.27. The highest BCUT2D eigenvalue weighted by Crippen LogP contribution is 2.30. The fourth-order valence-corrected chi connectivity index (χ4v) is 3.91. The van der Waals surface area contributed by atoms with Gasteiger partial charge in [0.2, 0.25) is 5.91 Å². The molecule has 24 heavy (non-hydrogen) atoms. The molecule has 0 aromatic carbocycles. The zero-order chi connectivity index (χ0) is 16.5. The van der Waals surface area contributed by atoms with Gasteiger partial charge in [-0.3, -0.25) is 4.79 Å². The molecule has 1 saturated heterocycles. The van der Waals surface area contributed by atoms with E-state index in [1.165, 1.54) is 11.8 Å². The molecule has 0 N–H and O–H groups in total. The van der Waals surface area contributed by atoms with Gasteiger partial charge in [0.1, 0.15) is 0 Å². The molecule has 2 aromatic heterocycles. The van der Waals surface area contributed by atoms with Crippen molar-refractivity contribution in [3.05, 3.63) is 29.8 Å². The second kappa shape index (κ2) is 6.48. The number of piperidine rings is 1. The normalized spacial score (nSPS) is 22.8. The topological polar surface area (TPSA) is 86.0 Å². The van der Waals surface area contributed by atoms with Gasteiger partial charge in [-0.1, -0.05) is 17.0 Å². The lowest BCUT2D eigenvalue weighted by atomic mass is 10.0. The van der Waals surface area contributed by atoms with Gasteiger partial charge >= 0.3 is 0 Å². The van der Waals surface area contributed by atoms with Gasteiger partial charge < -0.3 is 9.64 Å². The van der Waals surface area contributed by atoms with Gasteiger partial charge in [-0.2, -0.15) is 0 Å². The van der Waals surface area contributed by atoms with Gasteiger partial charge in [0, 0.05) is 25.0 Å². The van der Waals surface area contributed by atoms with Crippen molar-refractivity contribution >= 4 is 17.7 Å². The molecule has 0 spiro atoms. The zero-order valence-electron chi connectivity index (χ0n) is 13.3. The molecule has 0 aliphatic carbocycles. The Morgan fingerprint density at radius 3 is 3.29 bits per heavy atom. The fourth-order valence-electron chi connectivity index (χ4n) is 3.13. The Labute approximate surface area is 143 Å². The second-order valence-electron chi connectivity index (χ2n) is 5.98. The minimum absolute atomic E-state index is 0.0166. The Balaban J connectivity index is 1.36. The van der Waals surface area contributed by atoms with Crippen LogP contribution in [-0.4, -0.2) is 60.7 Å². The first kappa shape index (κ1) is 15.5. The van der Waals surface area contributed by atoms with Gasteiger partial charge in [0.05, 0.1) is 36.4 Å². The molecule has 2 aromatic rings. The van der Waals surface area contributed by atoms with E-state index in [1.54, 1.807) is 12.4 Å². The van der Waals surface area contributed by atoms with E-state index in [4.69, 9.17) is 4.74 Å². The molecule has 8 nitrogen and oxygen atoms in total. The summed E-state index contributed by atoms with van der Waals surface area (Å²) < 4.78 is 7.85. The molecule has 0 radical (unpaired) electrons. The Bertz CT molecular complexity index is 751. The van der Waals surface area contributed by atoms with Crippen LogP contribution in [0.15, 0.2) is 23.6 Å². The number of aromatic nitrogens is 5. The summed E-state index contributed by atoms with van der Waals surface area (Å²) in [5.74, 6) is 0.437. The summed E-state index contributed by atoms with van der Waals surface area (Å²) >= 11 is 1.37. The van der Waals surface area contributed by atoms with Gasteiger partial charge in [-0.15, -0.1) is 5.10 Å². The molecule has 2 atom stereocenters. The third-order valence-electron chi connectivity index (χ3n) is 4.38. The summed E-state index contributed by atoms with van der Waals surface area (Å²) in [7, 11) is 0. The van der Waals surface area contributed by atoms with E-state index in [9.17, 15) is 4.79 Å². The van der Waals surface area contributed by atoms with Gasteiger partial charge in [-0.25, -0.2) is 14.6 Å². The molecule has 4 heterocycles. The van der Waals surface area contributed by atoms with Crippen molar-refractivity contribution in [1.29, 1.82) is 0 Å². The number of hydrogen-bond acceptors (Lipinski definition) is 7. The Morgan fingerprint density at radius 1 is 1.50 bits per heavy atom. The third kappa shape index (κ3) is 3.01. The van der Waals surface area contributed by atoms with E-state index in [0.29, 0.717) is 30.6 Å². The SMILES string of the molecule is Cc1ccnc(SCC(=O)N2CCC3C(C2)OCc2cnnn23)n1. The number of ether oxygens (including phenoxy) is 1. The first-order chi connectivity index (χ1) is 11.7. The molecule has 1 amide bonds. The van der Waals surface area contributed by atoms with Crippen LogP contribution in [0.4, 0.5) is 0 Å². The maximum atomic E-state index is 12.5. The predicted octanol–water partition coefficient (Wildman–Crippen LogP) is 0.841. The molecule has 4 rings (SSSR count). The Hall–Kier alpha value is -2.00. The molecule has 0 saturated carbocycles. The van der Waals surface area contributed by atoms with Crippen LogP contribution < -0.4 is 0 Å². The van der Waals surface area contributed by atoms with E-state index in [0.717, 1.165) is 17.8 Å². The molecule has 0 bridgehead atoms. The number of amides is 1. The van der Waals surface area contributed by atoms with E-state index in [2.05, 4.69) is 20.3 Å². The van der Waals surface area contributed by atoms with E-state index < -0.39 is 0 Å². The third-order valence-corrected chi connectivity index (χ3v) is 5.23. The summed E-state index contributed by atoms with van der Waals surface area (Å²) in [5.41, 5.74) is 1.91. The maximum absolute atomic E-state index is 12.5. The molecule has 2 aliphatic rings. The highest BCUT2D eigenvalue weighted by atomic mass is 32.2. The molecule has 2 aliphatic heterocycles. The molecular weight excluding hydrogens is 328 g/mol. The van der Waals surface area contributed by atoms with Crippen molar-refractivity contribution in [2.24, 2.45) is 0 Å². The quantitative estimate of drug-likeness (QED) is 0.601. The lowest BCUT2D eigenvalue weighted by Gasteiger charge is -2.40. The van der Waals surface area contributed by atoms with Gasteiger partial charge in [-0.05, 0) is 19.4 Å². The van der Waals surface area contributed by atoms with Crippen LogP contribution >= 0.6 is 11.8 Å². The Morgan fingerprint density at radius 2 is 2.42 bits per heavy atom. The Kier molecular flexibility index (Phi) is 4.19. The number of carbonyl (C=O) groups excluding carboxylic acids is 1. The zero-order valence-corrected chi connectivity index (χ0v) is 14.1. The molecule has 9 heteroatoms. The number of rotatable bonds is 3. The highest BCUT2D eigenvalue weighted by molar-refractivity contribution is 7.99. The van der Waals surface area contributed by atoms with Crippen LogP contribution in [0.25, 0.3) is 0 Å². The minimum Gasteiger partial charge on any atom is -0.368 e. The van der Waals surface area contributed by atoms with Crippen molar-refractivity contribution in [1.82, 2.24) is 29.9 Å². The summed E-state index contributed by atoms with van der Waals surface area (Å²) in [6.45, 7) is 3.72. The molecule has 1 fully saturated rings. The van der Waals surface area contributed by atoms with Crippen LogP contribution in [0, 0.1) is 6.92 Å². The number of aryl methyl sites for hydroxylation is 1. The standard InChI is InChI=1S/C15H18N6O2S/c1-10-2-4-16-15(18-10)24-9-14(22)20-5-3-12-13(7-20)23-8-11-6-17-19-21(11)12/h2,4,6,12-13H,3,5,7-9H2,1H3. The molecule has 126 valence electrons. The minimum atomic E-state index is -0.0166. The van der Waals surface area contributed by atoms with Crippen molar-refractivity contribution in [3.8, 4) is 0 Å². The maximum Gasteiger partial charge on any atom is 0.233 e. The highest BCUT2D eigenvalue weighted by Gasteiger charge is 2.37. The smallest absolute Gasteiger partial charge is 0.233 e. The van der Waals surface area contributed by atoms with Gasteiger partial charge in [0.15, 0.2) is 5.16 Å². The molecule has 2 unspecified atom stereocenters. The second-order valence-corrected chi connectivity index (χ2v) is 6.93. The van der Waals surface area contributed by atoms with Crippen molar-refractivity contribution < 1.29 is 9.53 Å².